The number of hydrogen-bond acceptors (Lipinski definition) is 3. The van der Waals surface area contributed by atoms with Crippen molar-refractivity contribution in [1.82, 2.24) is 20.1 Å². The van der Waals surface area contributed by atoms with Crippen LogP contribution in [0.15, 0.2) is 30.6 Å². The summed E-state index contributed by atoms with van der Waals surface area (Å²) in [6, 6.07) is 6.12. The highest BCUT2D eigenvalue weighted by Crippen LogP contribution is 2.03. The van der Waals surface area contributed by atoms with Gasteiger partial charge in [0.25, 0.3) is 0 Å². The zero-order chi connectivity index (χ0) is 12.1. The zero-order valence-corrected chi connectivity index (χ0v) is 10.3. The van der Waals surface area contributed by atoms with E-state index in [1.807, 2.05) is 42.2 Å². The summed E-state index contributed by atoms with van der Waals surface area (Å²) in [7, 11) is 0. The molecule has 90 valence electrons. The lowest BCUT2D eigenvalue weighted by atomic mass is 10.3. The lowest BCUT2D eigenvalue weighted by Crippen LogP contribution is -2.13. The maximum Gasteiger partial charge on any atom is 0.0831 e. The van der Waals surface area contributed by atoms with E-state index in [9.17, 15) is 0 Å². The average Bonchev–Trinajstić information content (AvgIpc) is 2.73. The lowest BCUT2D eigenvalue weighted by molar-refractivity contribution is 0.659. The minimum absolute atomic E-state index is 0.730. The quantitative estimate of drug-likeness (QED) is 0.851. The molecule has 2 rings (SSSR count). The van der Waals surface area contributed by atoms with Crippen molar-refractivity contribution >= 4 is 0 Å². The van der Waals surface area contributed by atoms with Crippen LogP contribution in [0.4, 0.5) is 0 Å². The second kappa shape index (κ2) is 5.59. The number of aromatic nitrogens is 3. The Balaban J connectivity index is 2.05. The van der Waals surface area contributed by atoms with Gasteiger partial charge >= 0.3 is 0 Å². The van der Waals surface area contributed by atoms with Gasteiger partial charge < -0.3 is 5.32 Å². The van der Waals surface area contributed by atoms with Crippen LogP contribution in [0.1, 0.15) is 23.9 Å². The van der Waals surface area contributed by atoms with E-state index in [1.165, 1.54) is 5.56 Å². The van der Waals surface area contributed by atoms with Crippen LogP contribution in [0, 0.1) is 6.92 Å². The van der Waals surface area contributed by atoms with Crippen molar-refractivity contribution in [3.05, 3.63) is 47.5 Å². The van der Waals surface area contributed by atoms with Crippen molar-refractivity contribution in [2.24, 2.45) is 0 Å². The molecule has 0 radical (unpaired) electrons. The molecule has 0 fully saturated rings. The summed E-state index contributed by atoms with van der Waals surface area (Å²) in [6.45, 7) is 6.65. The fourth-order valence-electron chi connectivity index (χ4n) is 1.69. The summed E-state index contributed by atoms with van der Waals surface area (Å²) in [5.41, 5.74) is 3.30. The first-order valence-corrected chi connectivity index (χ1v) is 5.92. The van der Waals surface area contributed by atoms with Crippen LogP contribution in [-0.2, 0) is 13.1 Å². The first-order valence-electron chi connectivity index (χ1n) is 5.92. The Bertz CT molecular complexity index is 476. The van der Waals surface area contributed by atoms with Crippen molar-refractivity contribution in [2.45, 2.75) is 26.9 Å². The molecule has 0 aliphatic carbocycles. The molecule has 2 aromatic heterocycles. The van der Waals surface area contributed by atoms with Gasteiger partial charge in [-0.1, -0.05) is 13.0 Å². The van der Waals surface area contributed by atoms with E-state index in [1.54, 1.807) is 0 Å². The summed E-state index contributed by atoms with van der Waals surface area (Å²) in [6.07, 6.45) is 3.89. The Morgan fingerprint density at radius 3 is 2.82 bits per heavy atom. The minimum Gasteiger partial charge on any atom is -0.311 e. The Labute approximate surface area is 102 Å². The molecule has 4 nitrogen and oxygen atoms in total. The largest absolute Gasteiger partial charge is 0.311 e. The molecular weight excluding hydrogens is 212 g/mol. The average molecular weight is 230 g/mol. The Kier molecular flexibility index (Phi) is 3.88. The van der Waals surface area contributed by atoms with E-state index in [-0.39, 0.29) is 0 Å². The van der Waals surface area contributed by atoms with E-state index >= 15 is 0 Å². The highest BCUT2D eigenvalue weighted by Gasteiger charge is 2.00. The predicted molar refractivity (Wildman–Crippen MR) is 67.7 cm³/mol. The van der Waals surface area contributed by atoms with E-state index in [4.69, 9.17) is 0 Å². The molecule has 0 saturated heterocycles. The van der Waals surface area contributed by atoms with Gasteiger partial charge in [0.1, 0.15) is 0 Å². The molecular formula is C13H18N4. The molecule has 1 N–H and O–H groups in total. The molecule has 2 heterocycles. The molecule has 0 aromatic carbocycles. The fourth-order valence-corrected chi connectivity index (χ4v) is 1.69. The third-order valence-electron chi connectivity index (χ3n) is 2.51. The van der Waals surface area contributed by atoms with Crippen LogP contribution < -0.4 is 5.32 Å². The number of pyridine rings is 1. The molecule has 0 amide bonds. The topological polar surface area (TPSA) is 42.7 Å². The molecule has 4 heteroatoms. The van der Waals surface area contributed by atoms with Crippen molar-refractivity contribution < 1.29 is 0 Å². The number of nitrogens with zero attached hydrogens (tertiary/aromatic N) is 3. The summed E-state index contributed by atoms with van der Waals surface area (Å²) in [5.74, 6) is 0. The molecule has 0 unspecified atom stereocenters. The fraction of sp³-hybridized carbons (Fsp3) is 0.385. The van der Waals surface area contributed by atoms with Crippen molar-refractivity contribution in [3.8, 4) is 0 Å². The molecule has 17 heavy (non-hydrogen) atoms. The standard InChI is InChI=1S/C13H18N4/c1-3-14-8-12-5-4-6-13(16-12)10-17-9-11(2)7-15-17/h4-7,9,14H,3,8,10H2,1-2H3. The molecule has 2 aromatic rings. The summed E-state index contributed by atoms with van der Waals surface area (Å²) < 4.78 is 1.91. The Morgan fingerprint density at radius 2 is 2.12 bits per heavy atom. The number of aryl methyl sites for hydroxylation is 1. The third kappa shape index (κ3) is 3.39. The highest BCUT2D eigenvalue weighted by molar-refractivity contribution is 5.12. The maximum atomic E-state index is 4.59. The summed E-state index contributed by atoms with van der Waals surface area (Å²) in [5, 5.41) is 7.54. The van der Waals surface area contributed by atoms with Crippen molar-refractivity contribution in [2.75, 3.05) is 6.54 Å². The first-order chi connectivity index (χ1) is 8.28. The Morgan fingerprint density at radius 1 is 1.29 bits per heavy atom. The van der Waals surface area contributed by atoms with Crippen molar-refractivity contribution in [3.63, 3.8) is 0 Å². The molecule has 0 bridgehead atoms. The minimum atomic E-state index is 0.730. The van der Waals surface area contributed by atoms with Gasteiger partial charge in [0, 0.05) is 12.7 Å². The molecule has 0 atom stereocenters. The maximum absolute atomic E-state index is 4.59. The van der Waals surface area contributed by atoms with Gasteiger partial charge in [-0.3, -0.25) is 9.67 Å². The molecule has 0 aliphatic heterocycles. The number of rotatable bonds is 5. The summed E-state index contributed by atoms with van der Waals surface area (Å²) in [4.78, 5) is 4.59. The van der Waals surface area contributed by atoms with Gasteiger partial charge in [-0.25, -0.2) is 0 Å². The van der Waals surface area contributed by atoms with Crippen LogP contribution >= 0.6 is 0 Å². The van der Waals surface area contributed by atoms with E-state index in [0.717, 1.165) is 31.0 Å². The molecule has 0 aliphatic rings. The zero-order valence-electron chi connectivity index (χ0n) is 10.3. The van der Waals surface area contributed by atoms with Gasteiger partial charge in [-0.05, 0) is 31.2 Å². The number of nitrogens with one attached hydrogen (secondary N) is 1. The van der Waals surface area contributed by atoms with Gasteiger partial charge in [0.15, 0.2) is 0 Å². The van der Waals surface area contributed by atoms with Crippen LogP contribution in [0.3, 0.4) is 0 Å². The van der Waals surface area contributed by atoms with Gasteiger partial charge in [0.2, 0.25) is 0 Å². The van der Waals surface area contributed by atoms with E-state index < -0.39 is 0 Å². The number of hydrogen-bond donors (Lipinski definition) is 1. The van der Waals surface area contributed by atoms with Crippen LogP contribution in [0.2, 0.25) is 0 Å². The summed E-state index contributed by atoms with van der Waals surface area (Å²) >= 11 is 0. The van der Waals surface area contributed by atoms with Crippen LogP contribution in [0.25, 0.3) is 0 Å². The highest BCUT2D eigenvalue weighted by atomic mass is 15.3. The molecule has 0 saturated carbocycles. The van der Waals surface area contributed by atoms with E-state index in [0.29, 0.717) is 0 Å². The van der Waals surface area contributed by atoms with Gasteiger partial charge in [0.05, 0.1) is 24.1 Å². The monoisotopic (exact) mass is 230 g/mol. The Hall–Kier alpha value is -1.68. The van der Waals surface area contributed by atoms with E-state index in [2.05, 4.69) is 22.3 Å². The third-order valence-corrected chi connectivity index (χ3v) is 2.51. The first kappa shape index (κ1) is 11.8. The molecule has 0 spiro atoms. The van der Waals surface area contributed by atoms with Crippen molar-refractivity contribution in [1.29, 1.82) is 0 Å². The van der Waals surface area contributed by atoms with Crippen LogP contribution in [0.5, 0.6) is 0 Å². The normalized spacial score (nSPS) is 10.7. The smallest absolute Gasteiger partial charge is 0.0831 e. The second-order valence-electron chi connectivity index (χ2n) is 4.12. The van der Waals surface area contributed by atoms with Crippen LogP contribution in [-0.4, -0.2) is 21.3 Å². The van der Waals surface area contributed by atoms with Gasteiger partial charge in [-0.15, -0.1) is 0 Å². The SMILES string of the molecule is CCNCc1cccc(Cn2cc(C)cn2)n1. The predicted octanol–water partition coefficient (Wildman–Crippen LogP) is 1.74. The van der Waals surface area contributed by atoms with Gasteiger partial charge in [-0.2, -0.15) is 5.10 Å². The second-order valence-corrected chi connectivity index (χ2v) is 4.12. The lowest BCUT2D eigenvalue weighted by Gasteiger charge is -2.05.